The lowest BCUT2D eigenvalue weighted by Crippen LogP contribution is -2.22. The fourth-order valence-corrected chi connectivity index (χ4v) is 2.98. The first-order valence-electron chi connectivity index (χ1n) is 8.92. The van der Waals surface area contributed by atoms with Crippen LogP contribution in [0, 0.1) is 12.7 Å². The smallest absolute Gasteiger partial charge is 0.251 e. The van der Waals surface area contributed by atoms with Crippen molar-refractivity contribution in [2.24, 2.45) is 0 Å². The lowest BCUT2D eigenvalue weighted by molar-refractivity contribution is -0.114. The summed E-state index contributed by atoms with van der Waals surface area (Å²) >= 11 is 0. The lowest BCUT2D eigenvalue weighted by Gasteiger charge is -2.11. The van der Waals surface area contributed by atoms with Crippen LogP contribution in [0.5, 0.6) is 0 Å². The Morgan fingerprint density at radius 1 is 1.07 bits per heavy atom. The average molecular weight is 380 g/mol. The van der Waals surface area contributed by atoms with E-state index in [1.165, 1.54) is 19.1 Å². The van der Waals surface area contributed by atoms with Gasteiger partial charge in [-0.15, -0.1) is 0 Å². The molecule has 6 nitrogen and oxygen atoms in total. The molecule has 0 bridgehead atoms. The molecule has 2 amide bonds. The molecule has 0 atom stereocenters. The van der Waals surface area contributed by atoms with E-state index in [4.69, 9.17) is 0 Å². The Hall–Kier alpha value is -3.48. The van der Waals surface area contributed by atoms with Crippen molar-refractivity contribution in [2.75, 3.05) is 11.9 Å². The molecule has 0 saturated carbocycles. The van der Waals surface area contributed by atoms with E-state index in [2.05, 4.69) is 15.7 Å². The SMILES string of the molecule is CCNC(=O)c1ccc(-n2nc(C)c(-c3ccc(F)cc3)c2NC(C)=O)cc1. The van der Waals surface area contributed by atoms with E-state index >= 15 is 0 Å². The molecule has 0 fully saturated rings. The Morgan fingerprint density at radius 3 is 2.29 bits per heavy atom. The summed E-state index contributed by atoms with van der Waals surface area (Å²) in [6.07, 6.45) is 0. The number of nitrogens with zero attached hydrogens (tertiary/aromatic N) is 2. The Bertz CT molecular complexity index is 1010. The van der Waals surface area contributed by atoms with Crippen LogP contribution in [0.2, 0.25) is 0 Å². The van der Waals surface area contributed by atoms with Gasteiger partial charge in [0, 0.05) is 24.6 Å². The third kappa shape index (κ3) is 3.93. The van der Waals surface area contributed by atoms with E-state index < -0.39 is 0 Å². The summed E-state index contributed by atoms with van der Waals surface area (Å²) < 4.78 is 14.9. The summed E-state index contributed by atoms with van der Waals surface area (Å²) in [5, 5.41) is 10.1. The number of aryl methyl sites for hydroxylation is 1. The van der Waals surface area contributed by atoms with Crippen LogP contribution in [-0.2, 0) is 4.79 Å². The number of hydrogen-bond acceptors (Lipinski definition) is 3. The van der Waals surface area contributed by atoms with Crippen molar-refractivity contribution in [1.82, 2.24) is 15.1 Å². The first kappa shape index (κ1) is 19.3. The maximum absolute atomic E-state index is 13.3. The van der Waals surface area contributed by atoms with E-state index in [-0.39, 0.29) is 17.6 Å². The zero-order valence-corrected chi connectivity index (χ0v) is 15.9. The molecule has 3 rings (SSSR count). The van der Waals surface area contributed by atoms with E-state index in [0.29, 0.717) is 34.9 Å². The van der Waals surface area contributed by atoms with E-state index in [9.17, 15) is 14.0 Å². The number of carbonyl (C=O) groups excluding carboxylic acids is 2. The maximum Gasteiger partial charge on any atom is 0.251 e. The molecule has 7 heteroatoms. The van der Waals surface area contributed by atoms with Gasteiger partial charge in [-0.05, 0) is 55.8 Å². The van der Waals surface area contributed by atoms with Gasteiger partial charge in [0.1, 0.15) is 11.6 Å². The molecule has 0 aliphatic rings. The van der Waals surface area contributed by atoms with Crippen molar-refractivity contribution in [3.63, 3.8) is 0 Å². The predicted octanol–water partition coefficient (Wildman–Crippen LogP) is 3.69. The van der Waals surface area contributed by atoms with Crippen LogP contribution >= 0.6 is 0 Å². The minimum absolute atomic E-state index is 0.153. The standard InChI is InChI=1S/C21H21FN4O2/c1-4-23-21(28)16-7-11-18(12-8-16)26-20(24-14(3)27)19(13(2)25-26)15-5-9-17(22)10-6-15/h5-12H,4H2,1-3H3,(H,23,28)(H,24,27). The van der Waals surface area contributed by atoms with Crippen molar-refractivity contribution in [3.8, 4) is 16.8 Å². The normalized spacial score (nSPS) is 10.6. The van der Waals surface area contributed by atoms with Gasteiger partial charge >= 0.3 is 0 Å². The number of benzene rings is 2. The van der Waals surface area contributed by atoms with Crippen LogP contribution in [0.1, 0.15) is 29.9 Å². The second kappa shape index (κ2) is 8.04. The van der Waals surface area contributed by atoms with Crippen LogP contribution in [-0.4, -0.2) is 28.1 Å². The average Bonchev–Trinajstić information content (AvgIpc) is 2.98. The number of halogens is 1. The first-order chi connectivity index (χ1) is 13.4. The van der Waals surface area contributed by atoms with Crippen molar-refractivity contribution < 1.29 is 14.0 Å². The molecule has 1 heterocycles. The lowest BCUT2D eigenvalue weighted by atomic mass is 10.1. The number of aromatic nitrogens is 2. The number of rotatable bonds is 5. The van der Waals surface area contributed by atoms with Crippen molar-refractivity contribution >= 4 is 17.6 Å². The second-order valence-electron chi connectivity index (χ2n) is 6.32. The Morgan fingerprint density at radius 2 is 1.71 bits per heavy atom. The number of carbonyl (C=O) groups is 2. The third-order valence-corrected chi connectivity index (χ3v) is 4.20. The molecule has 0 aliphatic heterocycles. The third-order valence-electron chi connectivity index (χ3n) is 4.20. The van der Waals surface area contributed by atoms with E-state index in [1.807, 2.05) is 13.8 Å². The maximum atomic E-state index is 13.3. The molecule has 1 aromatic heterocycles. The topological polar surface area (TPSA) is 76.0 Å². The van der Waals surface area contributed by atoms with Crippen molar-refractivity contribution in [2.45, 2.75) is 20.8 Å². The summed E-state index contributed by atoms with van der Waals surface area (Å²) in [5.74, 6) is -0.249. The van der Waals surface area contributed by atoms with Crippen LogP contribution in [0.25, 0.3) is 16.8 Å². The summed E-state index contributed by atoms with van der Waals surface area (Å²) in [6, 6.07) is 12.9. The van der Waals surface area contributed by atoms with Crippen molar-refractivity contribution in [3.05, 3.63) is 65.6 Å². The predicted molar refractivity (Wildman–Crippen MR) is 106 cm³/mol. The molecular formula is C21H21FN4O2. The van der Waals surface area contributed by atoms with Gasteiger partial charge in [0.15, 0.2) is 0 Å². The Kier molecular flexibility index (Phi) is 5.54. The number of anilines is 1. The van der Waals surface area contributed by atoms with Crippen molar-refractivity contribution in [1.29, 1.82) is 0 Å². The molecule has 144 valence electrons. The Labute approximate surface area is 162 Å². The molecule has 0 spiro atoms. The minimum Gasteiger partial charge on any atom is -0.352 e. The second-order valence-corrected chi connectivity index (χ2v) is 6.32. The summed E-state index contributed by atoms with van der Waals surface area (Å²) in [6.45, 7) is 5.64. The molecule has 0 saturated heterocycles. The van der Waals surface area contributed by atoms with Gasteiger partial charge < -0.3 is 10.6 Å². The minimum atomic E-state index is -0.337. The molecule has 3 aromatic rings. The number of hydrogen-bond donors (Lipinski definition) is 2. The van der Waals surface area contributed by atoms with E-state index in [1.54, 1.807) is 41.1 Å². The largest absolute Gasteiger partial charge is 0.352 e. The number of amides is 2. The zero-order chi connectivity index (χ0) is 20.3. The van der Waals surface area contributed by atoms with Crippen LogP contribution < -0.4 is 10.6 Å². The van der Waals surface area contributed by atoms with Crippen LogP contribution in [0.15, 0.2) is 48.5 Å². The van der Waals surface area contributed by atoms with Gasteiger partial charge in [-0.25, -0.2) is 9.07 Å². The Balaban J connectivity index is 2.08. The summed E-state index contributed by atoms with van der Waals surface area (Å²) in [5.41, 5.74) is 3.36. The van der Waals surface area contributed by atoms with Gasteiger partial charge in [-0.2, -0.15) is 5.10 Å². The molecule has 28 heavy (non-hydrogen) atoms. The van der Waals surface area contributed by atoms with Gasteiger partial charge in [-0.1, -0.05) is 12.1 Å². The number of nitrogens with one attached hydrogen (secondary N) is 2. The highest BCUT2D eigenvalue weighted by Gasteiger charge is 2.19. The van der Waals surface area contributed by atoms with Gasteiger partial charge in [-0.3, -0.25) is 9.59 Å². The summed E-state index contributed by atoms with van der Waals surface area (Å²) in [4.78, 5) is 23.7. The molecule has 0 radical (unpaired) electrons. The fraction of sp³-hybridized carbons (Fsp3) is 0.190. The monoisotopic (exact) mass is 380 g/mol. The van der Waals surface area contributed by atoms with Crippen LogP contribution in [0.3, 0.4) is 0 Å². The highest BCUT2D eigenvalue weighted by atomic mass is 19.1. The zero-order valence-electron chi connectivity index (χ0n) is 15.9. The summed E-state index contributed by atoms with van der Waals surface area (Å²) in [7, 11) is 0. The van der Waals surface area contributed by atoms with E-state index in [0.717, 1.165) is 5.56 Å². The quantitative estimate of drug-likeness (QED) is 0.709. The van der Waals surface area contributed by atoms with Gasteiger partial charge in [0.25, 0.3) is 5.91 Å². The molecule has 2 aromatic carbocycles. The highest BCUT2D eigenvalue weighted by molar-refractivity contribution is 5.95. The molecule has 2 N–H and O–H groups in total. The first-order valence-corrected chi connectivity index (χ1v) is 8.92. The highest BCUT2D eigenvalue weighted by Crippen LogP contribution is 2.33. The fourth-order valence-electron chi connectivity index (χ4n) is 2.98. The molecule has 0 aliphatic carbocycles. The molecule has 0 unspecified atom stereocenters. The molecular weight excluding hydrogens is 359 g/mol. The van der Waals surface area contributed by atoms with Crippen LogP contribution in [0.4, 0.5) is 10.2 Å². The van der Waals surface area contributed by atoms with Gasteiger partial charge in [0.05, 0.1) is 11.4 Å². The van der Waals surface area contributed by atoms with Gasteiger partial charge in [0.2, 0.25) is 5.91 Å².